The molecular weight excluding hydrogens is 281 g/mol. The molecule has 0 fully saturated rings. The lowest BCUT2D eigenvalue weighted by Crippen LogP contribution is -2.40. The number of hydrogen-bond donors (Lipinski definition) is 1. The van der Waals surface area contributed by atoms with E-state index in [1.165, 1.54) is 0 Å². The van der Waals surface area contributed by atoms with E-state index in [4.69, 9.17) is 5.11 Å². The number of aliphatic hydroxyl groups excluding tert-OH is 1. The van der Waals surface area contributed by atoms with Gasteiger partial charge in [-0.05, 0) is 12.1 Å². The Balaban J connectivity index is 2.91. The van der Waals surface area contributed by atoms with E-state index >= 15 is 0 Å². The van der Waals surface area contributed by atoms with Crippen LogP contribution in [0.4, 0.5) is 18.9 Å². The van der Waals surface area contributed by atoms with Crippen LogP contribution in [0.25, 0.3) is 0 Å². The molecule has 0 saturated heterocycles. The van der Waals surface area contributed by atoms with Gasteiger partial charge in [-0.25, -0.2) is 0 Å². The van der Waals surface area contributed by atoms with E-state index in [1.54, 1.807) is 0 Å². The monoisotopic (exact) mass is 292 g/mol. The summed E-state index contributed by atoms with van der Waals surface area (Å²) in [5.41, 5.74) is -0.389. The van der Waals surface area contributed by atoms with Gasteiger partial charge in [-0.1, -0.05) is 0 Å². The van der Waals surface area contributed by atoms with Crippen molar-refractivity contribution in [3.05, 3.63) is 39.9 Å². The van der Waals surface area contributed by atoms with E-state index in [1.807, 2.05) is 0 Å². The molecule has 110 valence electrons. The van der Waals surface area contributed by atoms with Crippen molar-refractivity contribution in [1.82, 2.24) is 4.90 Å². The van der Waals surface area contributed by atoms with Crippen molar-refractivity contribution in [2.24, 2.45) is 0 Å². The number of nitrogens with zero attached hydrogens (tertiary/aromatic N) is 2. The third kappa shape index (κ3) is 4.50. The smallest absolute Gasteiger partial charge is 0.395 e. The highest BCUT2D eigenvalue weighted by Gasteiger charge is 2.33. The zero-order valence-electron chi connectivity index (χ0n) is 10.1. The van der Waals surface area contributed by atoms with Crippen molar-refractivity contribution in [3.8, 4) is 0 Å². The molecule has 0 aromatic heterocycles. The summed E-state index contributed by atoms with van der Waals surface area (Å²) in [6.07, 6.45) is -4.59. The average molecular weight is 292 g/mol. The van der Waals surface area contributed by atoms with Crippen molar-refractivity contribution in [2.75, 3.05) is 19.7 Å². The lowest BCUT2D eigenvalue weighted by atomic mass is 10.2. The number of amides is 1. The second-order valence-electron chi connectivity index (χ2n) is 3.87. The first-order valence-electron chi connectivity index (χ1n) is 5.46. The Labute approximate surface area is 111 Å². The Kier molecular flexibility index (Phi) is 5.03. The van der Waals surface area contributed by atoms with E-state index in [-0.39, 0.29) is 11.3 Å². The molecular formula is C11H11F3N2O4. The molecule has 0 aliphatic rings. The molecule has 1 aromatic rings. The number of benzene rings is 1. The summed E-state index contributed by atoms with van der Waals surface area (Å²) < 4.78 is 36.9. The van der Waals surface area contributed by atoms with Crippen molar-refractivity contribution in [2.45, 2.75) is 6.18 Å². The molecule has 0 bridgehead atoms. The van der Waals surface area contributed by atoms with Gasteiger partial charge in [0.1, 0.15) is 6.54 Å². The maximum atomic E-state index is 12.3. The third-order valence-corrected chi connectivity index (χ3v) is 2.35. The van der Waals surface area contributed by atoms with E-state index < -0.39 is 36.7 Å². The number of rotatable bonds is 5. The van der Waals surface area contributed by atoms with E-state index in [9.17, 15) is 28.1 Å². The number of non-ortho nitro benzene ring substituents is 1. The highest BCUT2D eigenvalue weighted by Crippen LogP contribution is 2.19. The van der Waals surface area contributed by atoms with Crippen molar-refractivity contribution >= 4 is 11.6 Å². The minimum atomic E-state index is -4.59. The number of hydrogen-bond acceptors (Lipinski definition) is 4. The van der Waals surface area contributed by atoms with Gasteiger partial charge >= 0.3 is 6.18 Å². The van der Waals surface area contributed by atoms with Gasteiger partial charge in [0.2, 0.25) is 0 Å². The molecule has 0 aliphatic heterocycles. The number of halogens is 3. The second kappa shape index (κ2) is 6.33. The minimum absolute atomic E-state index is 0.117. The van der Waals surface area contributed by atoms with Gasteiger partial charge in [0.25, 0.3) is 11.6 Å². The summed E-state index contributed by atoms with van der Waals surface area (Å²) in [4.78, 5) is 22.0. The lowest BCUT2D eigenvalue weighted by molar-refractivity contribution is -0.384. The first kappa shape index (κ1) is 15.9. The van der Waals surface area contributed by atoms with Crippen LogP contribution in [0, 0.1) is 10.1 Å². The van der Waals surface area contributed by atoms with Gasteiger partial charge in [-0.2, -0.15) is 13.2 Å². The van der Waals surface area contributed by atoms with Gasteiger partial charge in [-0.15, -0.1) is 0 Å². The molecule has 0 radical (unpaired) electrons. The predicted molar refractivity (Wildman–Crippen MR) is 62.1 cm³/mol. The van der Waals surface area contributed by atoms with Crippen molar-refractivity contribution in [1.29, 1.82) is 0 Å². The number of carbonyl (C=O) groups excluding carboxylic acids is 1. The van der Waals surface area contributed by atoms with Crippen LogP contribution in [0.2, 0.25) is 0 Å². The fourth-order valence-corrected chi connectivity index (χ4v) is 1.50. The highest BCUT2D eigenvalue weighted by atomic mass is 19.4. The van der Waals surface area contributed by atoms with Crippen molar-refractivity contribution < 1.29 is 28.0 Å². The Morgan fingerprint density at radius 1 is 1.30 bits per heavy atom. The molecule has 1 N–H and O–H groups in total. The summed E-state index contributed by atoms with van der Waals surface area (Å²) in [5.74, 6) is -0.953. The predicted octanol–water partition coefficient (Wildman–Crippen LogP) is 1.59. The molecule has 0 unspecified atom stereocenters. The molecule has 0 saturated carbocycles. The number of alkyl halides is 3. The summed E-state index contributed by atoms with van der Waals surface area (Å²) in [5, 5.41) is 19.1. The van der Waals surface area contributed by atoms with Gasteiger partial charge in [0.05, 0.1) is 11.5 Å². The van der Waals surface area contributed by atoms with Crippen LogP contribution in [-0.4, -0.2) is 46.7 Å². The molecule has 0 atom stereocenters. The standard InChI is InChI=1S/C11H11F3N2O4/c12-11(13,14)7-15(5-6-17)10(18)8-1-3-9(4-2-8)16(19)20/h1-4,17H,5-7H2. The quantitative estimate of drug-likeness (QED) is 0.660. The first-order chi connectivity index (χ1) is 9.24. The van der Waals surface area contributed by atoms with Gasteiger partial charge in [-0.3, -0.25) is 14.9 Å². The summed E-state index contributed by atoms with van der Waals surface area (Å²) in [7, 11) is 0. The Morgan fingerprint density at radius 2 is 1.85 bits per heavy atom. The molecule has 1 aromatic carbocycles. The summed E-state index contributed by atoms with van der Waals surface area (Å²) in [6.45, 7) is -2.59. The van der Waals surface area contributed by atoms with Crippen LogP contribution in [0.3, 0.4) is 0 Å². The molecule has 0 heterocycles. The molecule has 6 nitrogen and oxygen atoms in total. The number of nitro benzene ring substituents is 1. The maximum Gasteiger partial charge on any atom is 0.406 e. The molecule has 0 aliphatic carbocycles. The fraction of sp³-hybridized carbons (Fsp3) is 0.364. The Hall–Kier alpha value is -2.16. The van der Waals surface area contributed by atoms with Crippen LogP contribution >= 0.6 is 0 Å². The van der Waals surface area contributed by atoms with Crippen LogP contribution in [0.15, 0.2) is 24.3 Å². The van der Waals surface area contributed by atoms with Crippen molar-refractivity contribution in [3.63, 3.8) is 0 Å². The Bertz CT molecular complexity index is 487. The van der Waals surface area contributed by atoms with Crippen LogP contribution < -0.4 is 0 Å². The molecule has 1 amide bonds. The maximum absolute atomic E-state index is 12.3. The van der Waals surface area contributed by atoms with E-state index in [0.29, 0.717) is 4.90 Å². The second-order valence-corrected chi connectivity index (χ2v) is 3.87. The largest absolute Gasteiger partial charge is 0.406 e. The van der Waals surface area contributed by atoms with Crippen LogP contribution in [0.5, 0.6) is 0 Å². The SMILES string of the molecule is O=C(c1ccc([N+](=O)[O-])cc1)N(CCO)CC(F)(F)F. The minimum Gasteiger partial charge on any atom is -0.395 e. The van der Waals surface area contributed by atoms with Gasteiger partial charge in [0.15, 0.2) is 0 Å². The van der Waals surface area contributed by atoms with E-state index in [0.717, 1.165) is 24.3 Å². The van der Waals surface area contributed by atoms with Gasteiger partial charge < -0.3 is 10.0 Å². The average Bonchev–Trinajstić information content (AvgIpc) is 2.36. The molecule has 20 heavy (non-hydrogen) atoms. The van der Waals surface area contributed by atoms with Crippen LogP contribution in [0.1, 0.15) is 10.4 Å². The number of carbonyl (C=O) groups is 1. The summed E-state index contributed by atoms with van der Waals surface area (Å²) in [6, 6.07) is 4.19. The molecule has 0 spiro atoms. The zero-order valence-corrected chi connectivity index (χ0v) is 10.1. The Morgan fingerprint density at radius 3 is 2.25 bits per heavy atom. The lowest BCUT2D eigenvalue weighted by Gasteiger charge is -2.23. The fourth-order valence-electron chi connectivity index (χ4n) is 1.50. The number of aliphatic hydroxyl groups is 1. The first-order valence-corrected chi connectivity index (χ1v) is 5.46. The summed E-state index contributed by atoms with van der Waals surface area (Å²) >= 11 is 0. The topological polar surface area (TPSA) is 83.7 Å². The third-order valence-electron chi connectivity index (χ3n) is 2.35. The number of nitro groups is 1. The normalized spacial score (nSPS) is 11.2. The van der Waals surface area contributed by atoms with Gasteiger partial charge in [0, 0.05) is 24.2 Å². The highest BCUT2D eigenvalue weighted by molar-refractivity contribution is 5.94. The van der Waals surface area contributed by atoms with E-state index in [2.05, 4.69) is 0 Å². The molecule has 1 rings (SSSR count). The van der Waals surface area contributed by atoms with Crippen LogP contribution in [-0.2, 0) is 0 Å². The molecule has 9 heteroatoms. The zero-order chi connectivity index (χ0) is 15.3.